The average Bonchev–Trinajstić information content (AvgIpc) is 2.99. The molecule has 0 saturated heterocycles. The fourth-order valence-electron chi connectivity index (χ4n) is 5.33. The molecule has 3 rings (SSSR count). The number of hydrogen-bond donors (Lipinski definition) is 1. The molecule has 0 aromatic carbocycles. The minimum absolute atomic E-state index is 0.410. The van der Waals surface area contributed by atoms with Crippen molar-refractivity contribution in [2.45, 2.75) is 70.8 Å². The van der Waals surface area contributed by atoms with Crippen molar-refractivity contribution in [1.29, 1.82) is 5.26 Å². The third-order valence-electron chi connectivity index (χ3n) is 6.69. The fourth-order valence-corrected chi connectivity index (χ4v) is 5.33. The number of fused-ring (bicyclic) bond motifs is 2. The summed E-state index contributed by atoms with van der Waals surface area (Å²) in [7, 11) is 0. The second kappa shape index (κ2) is 4.48. The van der Waals surface area contributed by atoms with Crippen molar-refractivity contribution < 1.29 is 5.11 Å². The predicted molar refractivity (Wildman–Crippen MR) is 75.2 cm³/mol. The van der Waals surface area contributed by atoms with E-state index in [-0.39, 0.29) is 0 Å². The molecule has 0 amide bonds. The second-order valence-electron chi connectivity index (χ2n) is 7.78. The third kappa shape index (κ3) is 1.85. The molecule has 3 fully saturated rings. The lowest BCUT2D eigenvalue weighted by Gasteiger charge is -2.49. The Bertz CT molecular complexity index is 389. The first kappa shape index (κ1) is 13.4. The van der Waals surface area contributed by atoms with Crippen LogP contribution in [0.15, 0.2) is 0 Å². The van der Waals surface area contributed by atoms with Crippen LogP contribution in [-0.4, -0.2) is 10.7 Å². The molecule has 2 bridgehead atoms. The molecule has 3 aliphatic carbocycles. The molecule has 3 unspecified atom stereocenters. The summed E-state index contributed by atoms with van der Waals surface area (Å²) in [6.07, 6.45) is 8.61. The van der Waals surface area contributed by atoms with Gasteiger partial charge < -0.3 is 5.11 Å². The quantitative estimate of drug-likeness (QED) is 0.819. The van der Waals surface area contributed by atoms with Crippen molar-refractivity contribution in [2.75, 3.05) is 0 Å². The Morgan fingerprint density at radius 2 is 1.84 bits per heavy atom. The van der Waals surface area contributed by atoms with E-state index >= 15 is 0 Å². The SMILES string of the molecule is CC(C)C1CCC(C#N)(C2(O)CC3CCC2C3)CC1. The Kier molecular flexibility index (Phi) is 3.17. The van der Waals surface area contributed by atoms with E-state index in [1.165, 1.54) is 12.8 Å². The van der Waals surface area contributed by atoms with Gasteiger partial charge in [0.2, 0.25) is 0 Å². The largest absolute Gasteiger partial charge is 0.388 e. The first-order chi connectivity index (χ1) is 9.01. The Morgan fingerprint density at radius 3 is 2.26 bits per heavy atom. The summed E-state index contributed by atoms with van der Waals surface area (Å²) >= 11 is 0. The van der Waals surface area contributed by atoms with Crippen LogP contribution in [0, 0.1) is 40.4 Å². The topological polar surface area (TPSA) is 44.0 Å². The van der Waals surface area contributed by atoms with Gasteiger partial charge in [-0.25, -0.2) is 0 Å². The fraction of sp³-hybridized carbons (Fsp3) is 0.941. The third-order valence-corrected chi connectivity index (χ3v) is 6.69. The molecule has 0 aromatic rings. The standard InChI is InChI=1S/C17H27NO/c1-12(2)14-5-7-16(11-18,8-6-14)17(19)10-13-3-4-15(17)9-13/h12-15,19H,3-10H2,1-2H3. The summed E-state index contributed by atoms with van der Waals surface area (Å²) in [6, 6.07) is 2.59. The summed E-state index contributed by atoms with van der Waals surface area (Å²) in [5.74, 6) is 2.57. The van der Waals surface area contributed by atoms with Crippen LogP contribution < -0.4 is 0 Å². The van der Waals surface area contributed by atoms with Crippen molar-refractivity contribution in [3.05, 3.63) is 0 Å². The van der Waals surface area contributed by atoms with Crippen LogP contribution in [0.25, 0.3) is 0 Å². The Hall–Kier alpha value is -0.550. The highest BCUT2D eigenvalue weighted by Gasteiger charge is 2.62. The Labute approximate surface area is 117 Å². The zero-order valence-electron chi connectivity index (χ0n) is 12.4. The highest BCUT2D eigenvalue weighted by atomic mass is 16.3. The van der Waals surface area contributed by atoms with Gasteiger partial charge in [-0.3, -0.25) is 0 Å². The number of aliphatic hydroxyl groups is 1. The van der Waals surface area contributed by atoms with Gasteiger partial charge in [0.25, 0.3) is 0 Å². The van der Waals surface area contributed by atoms with Crippen molar-refractivity contribution in [3.8, 4) is 6.07 Å². The van der Waals surface area contributed by atoms with Gasteiger partial charge in [0, 0.05) is 0 Å². The lowest BCUT2D eigenvalue weighted by atomic mass is 9.57. The minimum Gasteiger partial charge on any atom is -0.388 e. The lowest BCUT2D eigenvalue weighted by molar-refractivity contribution is -0.117. The molecular weight excluding hydrogens is 234 g/mol. The van der Waals surface area contributed by atoms with Gasteiger partial charge in [-0.15, -0.1) is 0 Å². The van der Waals surface area contributed by atoms with E-state index in [9.17, 15) is 10.4 Å². The van der Waals surface area contributed by atoms with Crippen LogP contribution >= 0.6 is 0 Å². The molecule has 0 radical (unpaired) electrons. The summed E-state index contributed by atoms with van der Waals surface area (Å²) < 4.78 is 0. The van der Waals surface area contributed by atoms with E-state index in [0.29, 0.717) is 17.8 Å². The molecular formula is C17H27NO. The molecule has 0 aliphatic heterocycles. The number of hydrogen-bond acceptors (Lipinski definition) is 2. The van der Waals surface area contributed by atoms with Gasteiger partial charge in [-0.05, 0) is 75.0 Å². The molecule has 2 heteroatoms. The van der Waals surface area contributed by atoms with E-state index < -0.39 is 11.0 Å². The van der Waals surface area contributed by atoms with Crippen molar-refractivity contribution in [2.24, 2.45) is 29.1 Å². The molecule has 2 nitrogen and oxygen atoms in total. The van der Waals surface area contributed by atoms with Crippen LogP contribution in [0.4, 0.5) is 0 Å². The molecule has 1 N–H and O–H groups in total. The lowest BCUT2D eigenvalue weighted by Crippen LogP contribution is -2.53. The van der Waals surface area contributed by atoms with E-state index in [1.807, 2.05) is 0 Å². The predicted octanol–water partition coefficient (Wildman–Crippen LogP) is 3.89. The maximum Gasteiger partial charge on any atom is 0.0864 e. The van der Waals surface area contributed by atoms with Gasteiger partial charge in [-0.1, -0.05) is 13.8 Å². The van der Waals surface area contributed by atoms with E-state index in [0.717, 1.165) is 44.4 Å². The summed E-state index contributed by atoms with van der Waals surface area (Å²) in [4.78, 5) is 0. The Morgan fingerprint density at radius 1 is 1.16 bits per heavy atom. The zero-order chi connectivity index (χ0) is 13.7. The summed E-state index contributed by atoms with van der Waals surface area (Å²) in [5, 5.41) is 21.1. The highest BCUT2D eigenvalue weighted by Crippen LogP contribution is 2.61. The summed E-state index contributed by atoms with van der Waals surface area (Å²) in [6.45, 7) is 4.58. The monoisotopic (exact) mass is 261 g/mol. The van der Waals surface area contributed by atoms with Crippen LogP contribution in [0.2, 0.25) is 0 Å². The molecule has 3 atom stereocenters. The first-order valence-electron chi connectivity index (χ1n) is 8.14. The molecule has 0 heterocycles. The van der Waals surface area contributed by atoms with Crippen LogP contribution in [0.1, 0.15) is 65.2 Å². The van der Waals surface area contributed by atoms with Crippen molar-refractivity contribution in [3.63, 3.8) is 0 Å². The smallest absolute Gasteiger partial charge is 0.0864 e. The molecule has 0 spiro atoms. The molecule has 0 aromatic heterocycles. The van der Waals surface area contributed by atoms with Crippen LogP contribution in [0.3, 0.4) is 0 Å². The van der Waals surface area contributed by atoms with E-state index in [2.05, 4.69) is 19.9 Å². The van der Waals surface area contributed by atoms with E-state index in [1.54, 1.807) is 0 Å². The normalized spacial score (nSPS) is 49.5. The van der Waals surface area contributed by atoms with Gasteiger partial charge in [0.15, 0.2) is 0 Å². The van der Waals surface area contributed by atoms with Gasteiger partial charge >= 0.3 is 0 Å². The number of nitriles is 1. The maximum atomic E-state index is 11.3. The van der Waals surface area contributed by atoms with Crippen molar-refractivity contribution >= 4 is 0 Å². The van der Waals surface area contributed by atoms with Crippen molar-refractivity contribution in [1.82, 2.24) is 0 Å². The zero-order valence-corrected chi connectivity index (χ0v) is 12.4. The van der Waals surface area contributed by atoms with Gasteiger partial charge in [0.05, 0.1) is 17.1 Å². The van der Waals surface area contributed by atoms with Crippen LogP contribution in [0.5, 0.6) is 0 Å². The molecule has 3 aliphatic rings. The Balaban J connectivity index is 1.80. The minimum atomic E-state index is -0.660. The first-order valence-corrected chi connectivity index (χ1v) is 8.14. The molecule has 106 valence electrons. The maximum absolute atomic E-state index is 11.3. The van der Waals surface area contributed by atoms with Gasteiger partial charge in [-0.2, -0.15) is 5.26 Å². The van der Waals surface area contributed by atoms with E-state index in [4.69, 9.17) is 0 Å². The highest BCUT2D eigenvalue weighted by molar-refractivity contribution is 5.19. The van der Waals surface area contributed by atoms with Crippen LogP contribution in [-0.2, 0) is 0 Å². The molecule has 3 saturated carbocycles. The summed E-state index contributed by atoms with van der Waals surface area (Å²) in [5.41, 5.74) is -1.09. The number of nitrogens with zero attached hydrogens (tertiary/aromatic N) is 1. The van der Waals surface area contributed by atoms with Gasteiger partial charge in [0.1, 0.15) is 0 Å². The number of rotatable bonds is 2. The molecule has 19 heavy (non-hydrogen) atoms. The second-order valence-corrected chi connectivity index (χ2v) is 7.78. The average molecular weight is 261 g/mol.